The number of halogens is 1. The van der Waals surface area contributed by atoms with Crippen molar-refractivity contribution >= 4 is 40.4 Å². The average Bonchev–Trinajstić information content (AvgIpc) is 2.60. The highest BCUT2D eigenvalue weighted by Gasteiger charge is 2.04. The summed E-state index contributed by atoms with van der Waals surface area (Å²) in [6.45, 7) is 2.14. The SMILES string of the molecule is COc1ccc(/C=N\NC(=O)CNc2ccc(I)cc2C)cc1OC. The van der Waals surface area contributed by atoms with E-state index < -0.39 is 0 Å². The number of rotatable bonds is 7. The summed E-state index contributed by atoms with van der Waals surface area (Å²) in [5.74, 6) is 1.02. The van der Waals surface area contributed by atoms with E-state index in [1.165, 1.54) is 0 Å². The van der Waals surface area contributed by atoms with E-state index in [0.717, 1.165) is 20.4 Å². The summed E-state index contributed by atoms with van der Waals surface area (Å²) < 4.78 is 11.6. The van der Waals surface area contributed by atoms with Crippen molar-refractivity contribution in [2.24, 2.45) is 5.10 Å². The molecule has 2 rings (SSSR count). The maximum Gasteiger partial charge on any atom is 0.259 e. The number of nitrogens with zero attached hydrogens (tertiary/aromatic N) is 1. The highest BCUT2D eigenvalue weighted by atomic mass is 127. The molecule has 0 aliphatic heterocycles. The van der Waals surface area contributed by atoms with Gasteiger partial charge in [-0.2, -0.15) is 5.10 Å². The standard InChI is InChI=1S/C18H20IN3O3/c1-12-8-14(19)5-6-15(12)20-11-18(23)22-21-10-13-4-7-16(24-2)17(9-13)25-3/h4-10,20H,11H2,1-3H3,(H,22,23)/b21-10-. The van der Waals surface area contributed by atoms with E-state index in [1.54, 1.807) is 32.6 Å². The molecular formula is C18H20IN3O3. The Morgan fingerprint density at radius 2 is 1.92 bits per heavy atom. The molecule has 25 heavy (non-hydrogen) atoms. The maximum atomic E-state index is 11.9. The van der Waals surface area contributed by atoms with Gasteiger partial charge in [-0.1, -0.05) is 0 Å². The molecule has 0 radical (unpaired) electrons. The van der Waals surface area contributed by atoms with Gasteiger partial charge < -0.3 is 14.8 Å². The lowest BCUT2D eigenvalue weighted by Crippen LogP contribution is -2.26. The van der Waals surface area contributed by atoms with Crippen molar-refractivity contribution < 1.29 is 14.3 Å². The van der Waals surface area contributed by atoms with Crippen molar-refractivity contribution in [1.29, 1.82) is 0 Å². The van der Waals surface area contributed by atoms with E-state index >= 15 is 0 Å². The molecule has 0 unspecified atom stereocenters. The van der Waals surface area contributed by atoms with Gasteiger partial charge in [-0.3, -0.25) is 4.79 Å². The second-order valence-corrected chi connectivity index (χ2v) is 6.47. The van der Waals surface area contributed by atoms with Crippen LogP contribution in [0.4, 0.5) is 5.69 Å². The summed E-state index contributed by atoms with van der Waals surface area (Å²) in [6.07, 6.45) is 1.55. The number of amides is 1. The van der Waals surface area contributed by atoms with Crippen LogP contribution in [0.2, 0.25) is 0 Å². The molecule has 0 spiro atoms. The minimum Gasteiger partial charge on any atom is -0.493 e. The first-order valence-corrected chi connectivity index (χ1v) is 8.65. The maximum absolute atomic E-state index is 11.9. The Balaban J connectivity index is 1.88. The summed E-state index contributed by atoms with van der Waals surface area (Å²) in [4.78, 5) is 11.9. The summed E-state index contributed by atoms with van der Waals surface area (Å²) >= 11 is 2.25. The molecule has 0 heterocycles. The van der Waals surface area contributed by atoms with Gasteiger partial charge in [-0.25, -0.2) is 5.43 Å². The number of benzene rings is 2. The highest BCUT2D eigenvalue weighted by molar-refractivity contribution is 14.1. The lowest BCUT2D eigenvalue weighted by Gasteiger charge is -2.09. The minimum atomic E-state index is -0.227. The van der Waals surface area contributed by atoms with Gasteiger partial charge in [0.1, 0.15) is 0 Å². The van der Waals surface area contributed by atoms with Crippen molar-refractivity contribution in [3.63, 3.8) is 0 Å². The van der Waals surface area contributed by atoms with Gasteiger partial charge in [-0.15, -0.1) is 0 Å². The topological polar surface area (TPSA) is 72.0 Å². The Bertz CT molecular complexity index is 778. The van der Waals surface area contributed by atoms with Crippen LogP contribution in [0.5, 0.6) is 11.5 Å². The van der Waals surface area contributed by atoms with Crippen LogP contribution >= 0.6 is 22.6 Å². The van der Waals surface area contributed by atoms with Gasteiger partial charge in [0.2, 0.25) is 0 Å². The minimum absolute atomic E-state index is 0.144. The number of carbonyl (C=O) groups is 1. The Labute approximate surface area is 160 Å². The van der Waals surface area contributed by atoms with E-state index in [1.807, 2.05) is 25.1 Å². The molecule has 0 aliphatic rings. The fourth-order valence-electron chi connectivity index (χ4n) is 2.15. The van der Waals surface area contributed by atoms with Crippen LogP contribution in [-0.4, -0.2) is 32.9 Å². The van der Waals surface area contributed by atoms with Crippen LogP contribution in [0.25, 0.3) is 0 Å². The number of hydrogen-bond acceptors (Lipinski definition) is 5. The van der Waals surface area contributed by atoms with Crippen molar-refractivity contribution in [3.05, 3.63) is 51.1 Å². The molecule has 0 aliphatic carbocycles. The Morgan fingerprint density at radius 1 is 1.16 bits per heavy atom. The second-order valence-electron chi connectivity index (χ2n) is 5.22. The predicted molar refractivity (Wildman–Crippen MR) is 108 cm³/mol. The zero-order chi connectivity index (χ0) is 18.2. The lowest BCUT2D eigenvalue weighted by atomic mass is 10.2. The van der Waals surface area contributed by atoms with E-state index in [2.05, 4.69) is 44.5 Å². The second kappa shape index (κ2) is 9.26. The van der Waals surface area contributed by atoms with Crippen LogP contribution < -0.4 is 20.2 Å². The summed E-state index contributed by atoms with van der Waals surface area (Å²) in [7, 11) is 3.15. The third-order valence-electron chi connectivity index (χ3n) is 3.44. The van der Waals surface area contributed by atoms with Crippen LogP contribution in [0.1, 0.15) is 11.1 Å². The predicted octanol–water partition coefficient (Wildman–Crippen LogP) is 3.18. The average molecular weight is 453 g/mol. The quantitative estimate of drug-likeness (QED) is 0.384. The first kappa shape index (κ1) is 19.0. The molecule has 132 valence electrons. The Hall–Kier alpha value is -2.29. The van der Waals surface area contributed by atoms with Gasteiger partial charge in [0.15, 0.2) is 11.5 Å². The molecule has 0 saturated heterocycles. The molecule has 7 heteroatoms. The lowest BCUT2D eigenvalue weighted by molar-refractivity contribution is -0.119. The summed E-state index contributed by atoms with van der Waals surface area (Å²) in [5.41, 5.74) is 5.31. The van der Waals surface area contributed by atoms with Crippen molar-refractivity contribution in [2.45, 2.75) is 6.92 Å². The molecule has 6 nitrogen and oxygen atoms in total. The fourth-order valence-corrected chi connectivity index (χ4v) is 2.80. The van der Waals surface area contributed by atoms with E-state index in [4.69, 9.17) is 9.47 Å². The number of ether oxygens (including phenoxy) is 2. The number of hydrogen-bond donors (Lipinski definition) is 2. The molecule has 0 fully saturated rings. The Kier molecular flexibility index (Phi) is 7.05. The largest absolute Gasteiger partial charge is 0.493 e. The van der Waals surface area contributed by atoms with Gasteiger partial charge >= 0.3 is 0 Å². The molecule has 2 aromatic carbocycles. The van der Waals surface area contributed by atoms with Crippen LogP contribution in [-0.2, 0) is 4.79 Å². The number of carbonyl (C=O) groups excluding carboxylic acids is 1. The van der Waals surface area contributed by atoms with E-state index in [0.29, 0.717) is 11.5 Å². The van der Waals surface area contributed by atoms with E-state index in [9.17, 15) is 4.79 Å². The number of hydrazone groups is 1. The van der Waals surface area contributed by atoms with Gasteiger partial charge in [0, 0.05) is 9.26 Å². The van der Waals surface area contributed by atoms with Crippen LogP contribution in [0.15, 0.2) is 41.5 Å². The molecule has 1 amide bonds. The molecule has 2 N–H and O–H groups in total. The zero-order valence-corrected chi connectivity index (χ0v) is 16.5. The molecule has 0 bridgehead atoms. The monoisotopic (exact) mass is 453 g/mol. The molecule has 0 atom stereocenters. The molecule has 2 aromatic rings. The summed E-state index contributed by atoms with van der Waals surface area (Å²) in [6, 6.07) is 11.4. The first-order valence-electron chi connectivity index (χ1n) is 7.57. The number of anilines is 1. The van der Waals surface area contributed by atoms with Gasteiger partial charge in [0.05, 0.1) is 27.0 Å². The fraction of sp³-hybridized carbons (Fsp3) is 0.222. The zero-order valence-electron chi connectivity index (χ0n) is 14.3. The molecule has 0 aromatic heterocycles. The Morgan fingerprint density at radius 3 is 2.60 bits per heavy atom. The van der Waals surface area contributed by atoms with Gasteiger partial charge in [-0.05, 0) is 77.0 Å². The number of nitrogens with one attached hydrogen (secondary N) is 2. The normalized spacial score (nSPS) is 10.6. The molecule has 0 saturated carbocycles. The van der Waals surface area contributed by atoms with Crippen LogP contribution in [0, 0.1) is 10.5 Å². The smallest absolute Gasteiger partial charge is 0.259 e. The van der Waals surface area contributed by atoms with Crippen molar-refractivity contribution in [1.82, 2.24) is 5.43 Å². The summed E-state index contributed by atoms with van der Waals surface area (Å²) in [5, 5.41) is 7.06. The van der Waals surface area contributed by atoms with E-state index in [-0.39, 0.29) is 12.5 Å². The highest BCUT2D eigenvalue weighted by Crippen LogP contribution is 2.26. The third-order valence-corrected chi connectivity index (χ3v) is 4.11. The third kappa shape index (κ3) is 5.63. The number of aryl methyl sites for hydroxylation is 1. The van der Waals surface area contributed by atoms with Crippen molar-refractivity contribution in [3.8, 4) is 11.5 Å². The van der Waals surface area contributed by atoms with Gasteiger partial charge in [0.25, 0.3) is 5.91 Å². The molecular weight excluding hydrogens is 433 g/mol. The first-order chi connectivity index (χ1) is 12.0. The van der Waals surface area contributed by atoms with Crippen molar-refractivity contribution in [2.75, 3.05) is 26.1 Å². The number of methoxy groups -OCH3 is 2. The van der Waals surface area contributed by atoms with Crippen LogP contribution in [0.3, 0.4) is 0 Å².